The van der Waals surface area contributed by atoms with Crippen LogP contribution in [0.5, 0.6) is 0 Å². The Balaban J connectivity index is 4.19. The van der Waals surface area contributed by atoms with E-state index in [1.165, 1.54) is 193 Å². The van der Waals surface area contributed by atoms with Crippen LogP contribution in [-0.4, -0.2) is 75.5 Å². The largest absolute Gasteiger partial charge is 0.544 e. The molecule has 0 N–H and O–H groups in total. The molecule has 0 spiro atoms. The average molecular weight is 878 g/mol. The Morgan fingerprint density at radius 1 is 0.468 bits per heavy atom. The number of unbranched alkanes of at least 4 members (excludes halogenated alkanes) is 33. The van der Waals surface area contributed by atoms with Gasteiger partial charge in [-0.05, 0) is 38.5 Å². The third-order valence-corrected chi connectivity index (χ3v) is 12.4. The zero-order chi connectivity index (χ0) is 45.6. The number of nitrogens with zero attached hydrogens (tertiary/aromatic N) is 1. The molecule has 8 heteroatoms. The Bertz CT molecular complexity index is 1020. The summed E-state index contributed by atoms with van der Waals surface area (Å²) in [7, 11) is 5.43. The van der Waals surface area contributed by atoms with Gasteiger partial charge in [0.2, 0.25) is 0 Å². The van der Waals surface area contributed by atoms with E-state index >= 15 is 0 Å². The van der Waals surface area contributed by atoms with Crippen LogP contribution in [-0.2, 0) is 28.6 Å². The Morgan fingerprint density at radius 3 is 1.16 bits per heavy atom. The number of carboxylic acid groups (broad SMARTS) is 1. The molecule has 0 saturated heterocycles. The van der Waals surface area contributed by atoms with Gasteiger partial charge in [0, 0.05) is 19.3 Å². The number of carbonyl (C=O) groups is 3. The molecule has 62 heavy (non-hydrogen) atoms. The fourth-order valence-corrected chi connectivity index (χ4v) is 8.25. The predicted octanol–water partition coefficient (Wildman–Crippen LogP) is 14.1. The van der Waals surface area contributed by atoms with Crippen molar-refractivity contribution >= 4 is 17.9 Å². The number of ether oxygens (including phenoxy) is 3. The van der Waals surface area contributed by atoms with Crippen molar-refractivity contribution in [2.75, 3.05) is 41.0 Å². The zero-order valence-electron chi connectivity index (χ0n) is 41.8. The number of hydrogen-bond acceptors (Lipinski definition) is 7. The summed E-state index contributed by atoms with van der Waals surface area (Å²) in [6, 6.07) is -0.722. The molecule has 0 amide bonds. The van der Waals surface area contributed by atoms with Crippen LogP contribution >= 0.6 is 0 Å². The fourth-order valence-electron chi connectivity index (χ4n) is 8.25. The first-order chi connectivity index (χ1) is 30.1. The molecule has 0 rings (SSSR count). The molecule has 0 heterocycles. The molecule has 0 fully saturated rings. The second-order valence-electron chi connectivity index (χ2n) is 19.5. The number of carboxylic acids is 1. The number of rotatable bonds is 49. The van der Waals surface area contributed by atoms with Gasteiger partial charge in [0.1, 0.15) is 12.6 Å². The predicted molar refractivity (Wildman–Crippen MR) is 259 cm³/mol. The molecular weight excluding hydrogens is 775 g/mol. The first-order valence-corrected chi connectivity index (χ1v) is 26.7. The van der Waals surface area contributed by atoms with Crippen molar-refractivity contribution in [2.24, 2.45) is 0 Å². The van der Waals surface area contributed by atoms with Crippen LogP contribution in [0.15, 0.2) is 12.2 Å². The zero-order valence-corrected chi connectivity index (χ0v) is 41.8. The summed E-state index contributed by atoms with van der Waals surface area (Å²) in [6.07, 6.45) is 51.0. The minimum Gasteiger partial charge on any atom is -0.544 e. The van der Waals surface area contributed by atoms with E-state index in [1.807, 2.05) is 21.1 Å². The SMILES string of the molecule is CCCCCCCC/C=C\CCCCCCCCCCCC(=O)OC(COCCC(C(=O)[O-])[N+](C)(C)C)COC(=O)CCCCCCCCCCCCCCCCCCCCC. The van der Waals surface area contributed by atoms with E-state index in [2.05, 4.69) is 26.0 Å². The summed E-state index contributed by atoms with van der Waals surface area (Å²) in [5, 5.41) is 11.7. The van der Waals surface area contributed by atoms with Crippen molar-refractivity contribution in [3.63, 3.8) is 0 Å². The molecule has 0 aliphatic carbocycles. The Morgan fingerprint density at radius 2 is 0.806 bits per heavy atom. The van der Waals surface area contributed by atoms with Crippen LogP contribution in [0.4, 0.5) is 0 Å². The maximum Gasteiger partial charge on any atom is 0.306 e. The van der Waals surface area contributed by atoms with Crippen LogP contribution in [0.2, 0.25) is 0 Å². The summed E-state index contributed by atoms with van der Waals surface area (Å²) in [5.74, 6) is -1.71. The summed E-state index contributed by atoms with van der Waals surface area (Å²) < 4.78 is 17.3. The van der Waals surface area contributed by atoms with Crippen LogP contribution in [0.1, 0.15) is 264 Å². The Labute approximate surface area is 384 Å². The van der Waals surface area contributed by atoms with Gasteiger partial charge in [-0.2, -0.15) is 0 Å². The Hall–Kier alpha value is -1.93. The minimum atomic E-state index is -1.12. The van der Waals surface area contributed by atoms with Crippen molar-refractivity contribution in [3.05, 3.63) is 12.2 Å². The molecule has 366 valence electrons. The van der Waals surface area contributed by atoms with Gasteiger partial charge >= 0.3 is 11.9 Å². The van der Waals surface area contributed by atoms with Crippen LogP contribution in [0, 0.1) is 0 Å². The van der Waals surface area contributed by atoms with Gasteiger partial charge in [0.15, 0.2) is 6.10 Å². The Kier molecular flexibility index (Phi) is 44.2. The highest BCUT2D eigenvalue weighted by Gasteiger charge is 2.25. The van der Waals surface area contributed by atoms with E-state index in [0.29, 0.717) is 12.8 Å². The van der Waals surface area contributed by atoms with E-state index in [4.69, 9.17) is 14.2 Å². The molecule has 0 saturated carbocycles. The third-order valence-electron chi connectivity index (χ3n) is 12.4. The van der Waals surface area contributed by atoms with Crippen molar-refractivity contribution in [1.82, 2.24) is 0 Å². The molecule has 0 aromatic carbocycles. The fraction of sp³-hybridized carbons (Fsp3) is 0.907. The number of carbonyl (C=O) groups excluding carboxylic acids is 3. The molecule has 2 atom stereocenters. The standard InChI is InChI=1S/C54H103NO7/c1-6-8-10-12-14-16-18-20-22-24-26-28-30-32-34-36-38-40-42-44-52(56)61-49-50(48-60-47-46-51(54(58)59)55(3,4)5)62-53(57)45-43-41-39-37-35-33-31-29-27-25-23-21-19-17-15-13-11-9-7-2/h21,23,50-51H,6-20,22,24-49H2,1-5H3/b23-21-. The maximum atomic E-state index is 12.8. The van der Waals surface area contributed by atoms with E-state index in [1.54, 1.807) is 0 Å². The van der Waals surface area contributed by atoms with Crippen molar-refractivity contribution < 1.29 is 38.2 Å². The van der Waals surface area contributed by atoms with Crippen LogP contribution in [0.25, 0.3) is 0 Å². The minimum absolute atomic E-state index is 0.0463. The third kappa shape index (κ3) is 43.3. The maximum absolute atomic E-state index is 12.8. The molecule has 0 aromatic rings. The molecule has 8 nitrogen and oxygen atoms in total. The van der Waals surface area contributed by atoms with Crippen molar-refractivity contribution in [1.29, 1.82) is 0 Å². The summed E-state index contributed by atoms with van der Waals surface area (Å²) in [4.78, 5) is 37.1. The van der Waals surface area contributed by atoms with E-state index in [0.717, 1.165) is 38.5 Å². The monoisotopic (exact) mass is 878 g/mol. The van der Waals surface area contributed by atoms with Gasteiger partial charge in [0.25, 0.3) is 0 Å². The first-order valence-electron chi connectivity index (χ1n) is 26.7. The molecule has 0 bridgehead atoms. The number of allylic oxidation sites excluding steroid dienone is 2. The van der Waals surface area contributed by atoms with Crippen LogP contribution < -0.4 is 5.11 Å². The highest BCUT2D eigenvalue weighted by Crippen LogP contribution is 2.17. The van der Waals surface area contributed by atoms with Gasteiger partial charge in [-0.3, -0.25) is 9.59 Å². The summed E-state index contributed by atoms with van der Waals surface area (Å²) in [6.45, 7) is 4.71. The lowest BCUT2D eigenvalue weighted by Gasteiger charge is -2.34. The smallest absolute Gasteiger partial charge is 0.306 e. The van der Waals surface area contributed by atoms with Crippen LogP contribution in [0.3, 0.4) is 0 Å². The molecule has 0 aliphatic heterocycles. The number of hydrogen-bond donors (Lipinski definition) is 0. The highest BCUT2D eigenvalue weighted by molar-refractivity contribution is 5.70. The van der Waals surface area contributed by atoms with Crippen molar-refractivity contribution in [2.45, 2.75) is 276 Å². The topological polar surface area (TPSA) is 102 Å². The lowest BCUT2D eigenvalue weighted by Crippen LogP contribution is -2.55. The van der Waals surface area contributed by atoms with Gasteiger partial charge in [-0.1, -0.05) is 219 Å². The lowest BCUT2D eigenvalue weighted by molar-refractivity contribution is -0.889. The molecule has 0 aliphatic rings. The summed E-state index contributed by atoms with van der Waals surface area (Å²) in [5.41, 5.74) is 0. The number of quaternary nitrogens is 1. The van der Waals surface area contributed by atoms with E-state index in [-0.39, 0.29) is 42.7 Å². The number of aliphatic carboxylic acids is 1. The van der Waals surface area contributed by atoms with E-state index < -0.39 is 18.1 Å². The molecule has 2 unspecified atom stereocenters. The van der Waals surface area contributed by atoms with Gasteiger partial charge in [-0.15, -0.1) is 0 Å². The molecule has 0 aromatic heterocycles. The quantitative estimate of drug-likeness (QED) is 0.0260. The second-order valence-corrected chi connectivity index (χ2v) is 19.5. The van der Waals surface area contributed by atoms with Crippen molar-refractivity contribution in [3.8, 4) is 0 Å². The normalized spacial score (nSPS) is 12.9. The van der Waals surface area contributed by atoms with Gasteiger partial charge < -0.3 is 28.6 Å². The average Bonchev–Trinajstić information content (AvgIpc) is 3.23. The lowest BCUT2D eigenvalue weighted by atomic mass is 10.0. The highest BCUT2D eigenvalue weighted by atomic mass is 16.6. The van der Waals surface area contributed by atoms with Gasteiger partial charge in [-0.25, -0.2) is 0 Å². The summed E-state index contributed by atoms with van der Waals surface area (Å²) >= 11 is 0. The number of esters is 2. The van der Waals surface area contributed by atoms with E-state index in [9.17, 15) is 19.5 Å². The first kappa shape index (κ1) is 60.1. The molecule has 0 radical (unpaired) electrons. The second kappa shape index (κ2) is 45.6. The number of likely N-dealkylation sites (N-methyl/N-ethyl adjacent to an activating group) is 1. The van der Waals surface area contributed by atoms with Gasteiger partial charge in [0.05, 0.1) is 40.3 Å². The molecular formula is C54H103NO7.